The molecule has 2 amide bonds. The lowest BCUT2D eigenvalue weighted by Crippen LogP contribution is -2.57. The highest BCUT2D eigenvalue weighted by Gasteiger charge is 2.31. The maximum Gasteiger partial charge on any atom is 0.249 e. The van der Waals surface area contributed by atoms with Crippen molar-refractivity contribution in [3.05, 3.63) is 23.4 Å². The van der Waals surface area contributed by atoms with Gasteiger partial charge in [-0.25, -0.2) is 4.98 Å². The first kappa shape index (κ1) is 12.0. The van der Waals surface area contributed by atoms with Crippen LogP contribution in [0.15, 0.2) is 12.1 Å². The van der Waals surface area contributed by atoms with Gasteiger partial charge >= 0.3 is 0 Å². The lowest BCUT2D eigenvalue weighted by Gasteiger charge is -2.32. The molecule has 0 aromatic carbocycles. The molecule has 0 aliphatic carbocycles. The summed E-state index contributed by atoms with van der Waals surface area (Å²) in [6.45, 7) is 3.52. The summed E-state index contributed by atoms with van der Waals surface area (Å²) in [5.74, 6) is -0.241. The molecule has 0 saturated carbocycles. The maximum atomic E-state index is 11.6. The number of hydrogen-bond donors (Lipinski definition) is 1. The minimum atomic E-state index is -0.483. The third-order valence-electron chi connectivity index (χ3n) is 2.79. The van der Waals surface area contributed by atoms with E-state index in [1.165, 1.54) is 0 Å². The average Bonchev–Trinajstić information content (AvgIpc) is 2.32. The van der Waals surface area contributed by atoms with Gasteiger partial charge in [-0.05, 0) is 26.0 Å². The zero-order chi connectivity index (χ0) is 13.3. The number of amides is 2. The van der Waals surface area contributed by atoms with Crippen molar-refractivity contribution in [3.63, 3.8) is 0 Å². The third kappa shape index (κ3) is 2.15. The van der Waals surface area contributed by atoms with Crippen LogP contribution in [0, 0.1) is 18.3 Å². The van der Waals surface area contributed by atoms with Crippen molar-refractivity contribution >= 4 is 17.6 Å². The minimum absolute atomic E-state index is 0.0637. The van der Waals surface area contributed by atoms with Gasteiger partial charge < -0.3 is 4.90 Å². The van der Waals surface area contributed by atoms with E-state index in [0.29, 0.717) is 17.1 Å². The Balaban J connectivity index is 2.41. The number of aryl methyl sites for hydroxylation is 1. The van der Waals surface area contributed by atoms with Gasteiger partial charge in [0.15, 0.2) is 0 Å². The van der Waals surface area contributed by atoms with Crippen molar-refractivity contribution in [1.82, 2.24) is 10.3 Å². The second kappa shape index (κ2) is 4.45. The molecule has 1 aliphatic rings. The van der Waals surface area contributed by atoms with E-state index in [-0.39, 0.29) is 18.4 Å². The van der Waals surface area contributed by atoms with Gasteiger partial charge in [-0.15, -0.1) is 0 Å². The van der Waals surface area contributed by atoms with Crippen LogP contribution in [0.3, 0.4) is 0 Å². The Morgan fingerprint density at radius 3 is 2.89 bits per heavy atom. The third-order valence-corrected chi connectivity index (χ3v) is 2.79. The fraction of sp³-hybridized carbons (Fsp3) is 0.333. The van der Waals surface area contributed by atoms with Gasteiger partial charge in [0.25, 0.3) is 0 Å². The fourth-order valence-corrected chi connectivity index (χ4v) is 1.86. The van der Waals surface area contributed by atoms with Crippen molar-refractivity contribution in [2.45, 2.75) is 19.9 Å². The monoisotopic (exact) mass is 244 g/mol. The van der Waals surface area contributed by atoms with E-state index in [1.807, 2.05) is 6.07 Å². The van der Waals surface area contributed by atoms with Crippen molar-refractivity contribution in [2.75, 3.05) is 11.4 Å². The van der Waals surface area contributed by atoms with Gasteiger partial charge in [0.05, 0.1) is 18.2 Å². The first-order valence-electron chi connectivity index (χ1n) is 5.50. The summed E-state index contributed by atoms with van der Waals surface area (Å²) in [5, 5.41) is 11.2. The maximum absolute atomic E-state index is 11.6. The van der Waals surface area contributed by atoms with Crippen LogP contribution in [0.5, 0.6) is 0 Å². The van der Waals surface area contributed by atoms with E-state index in [4.69, 9.17) is 5.26 Å². The first-order chi connectivity index (χ1) is 8.51. The molecule has 1 saturated heterocycles. The van der Waals surface area contributed by atoms with Gasteiger partial charge in [0, 0.05) is 5.69 Å². The summed E-state index contributed by atoms with van der Waals surface area (Å²) in [5.41, 5.74) is 1.14. The number of hydrogen-bond acceptors (Lipinski definition) is 5. The second-order valence-corrected chi connectivity index (χ2v) is 4.18. The van der Waals surface area contributed by atoms with Crippen molar-refractivity contribution in [2.24, 2.45) is 0 Å². The quantitative estimate of drug-likeness (QED) is 0.709. The molecule has 1 aromatic heterocycles. The van der Waals surface area contributed by atoms with Crippen molar-refractivity contribution in [3.8, 4) is 6.07 Å². The molecule has 1 unspecified atom stereocenters. The van der Waals surface area contributed by atoms with Gasteiger partial charge in [0.1, 0.15) is 11.9 Å². The predicted octanol–water partition coefficient (Wildman–Crippen LogP) is 0.113. The van der Waals surface area contributed by atoms with E-state index < -0.39 is 6.04 Å². The molecule has 6 heteroatoms. The summed E-state index contributed by atoms with van der Waals surface area (Å²) in [6, 6.07) is 4.78. The zero-order valence-corrected chi connectivity index (χ0v) is 10.1. The number of anilines is 1. The van der Waals surface area contributed by atoms with Gasteiger partial charge in [0.2, 0.25) is 11.8 Å². The van der Waals surface area contributed by atoms with Crippen LogP contribution in [0.4, 0.5) is 5.82 Å². The van der Waals surface area contributed by atoms with E-state index in [0.717, 1.165) is 0 Å². The molecule has 0 radical (unpaired) electrons. The van der Waals surface area contributed by atoms with Crippen LogP contribution < -0.4 is 10.2 Å². The molecule has 2 heterocycles. The average molecular weight is 244 g/mol. The molecule has 1 fully saturated rings. The Morgan fingerprint density at radius 1 is 1.50 bits per heavy atom. The number of imide groups is 1. The molecule has 92 valence electrons. The smallest absolute Gasteiger partial charge is 0.249 e. The highest BCUT2D eigenvalue weighted by Crippen LogP contribution is 2.18. The molecule has 1 atom stereocenters. The van der Waals surface area contributed by atoms with Crippen LogP contribution in [-0.4, -0.2) is 29.4 Å². The number of carbonyl (C=O) groups excluding carboxylic acids is 2. The Hall–Kier alpha value is -2.42. The first-order valence-corrected chi connectivity index (χ1v) is 5.50. The summed E-state index contributed by atoms with van der Waals surface area (Å²) >= 11 is 0. The van der Waals surface area contributed by atoms with E-state index in [9.17, 15) is 9.59 Å². The summed E-state index contributed by atoms with van der Waals surface area (Å²) in [4.78, 5) is 28.8. The van der Waals surface area contributed by atoms with Crippen LogP contribution in [0.25, 0.3) is 0 Å². The van der Waals surface area contributed by atoms with Gasteiger partial charge in [-0.2, -0.15) is 5.26 Å². The Labute approximate surface area is 104 Å². The molecule has 1 aliphatic heterocycles. The van der Waals surface area contributed by atoms with Gasteiger partial charge in [-0.3, -0.25) is 14.9 Å². The molecule has 18 heavy (non-hydrogen) atoms. The van der Waals surface area contributed by atoms with Crippen molar-refractivity contribution in [1.29, 1.82) is 5.26 Å². The normalized spacial score (nSPS) is 19.4. The van der Waals surface area contributed by atoms with Crippen LogP contribution in [0.1, 0.15) is 18.2 Å². The molecule has 1 N–H and O–H groups in total. The number of piperazine rings is 1. The number of carbonyl (C=O) groups is 2. The number of aromatic nitrogens is 1. The number of nitrogens with one attached hydrogen (secondary N) is 1. The molecule has 0 spiro atoms. The summed E-state index contributed by atoms with van der Waals surface area (Å²) in [7, 11) is 0. The minimum Gasteiger partial charge on any atom is -0.335 e. The number of nitrogens with zero attached hydrogens (tertiary/aromatic N) is 3. The van der Waals surface area contributed by atoms with E-state index >= 15 is 0 Å². The molecular weight excluding hydrogens is 232 g/mol. The topological polar surface area (TPSA) is 86.1 Å². The second-order valence-electron chi connectivity index (χ2n) is 4.18. The predicted molar refractivity (Wildman–Crippen MR) is 63.6 cm³/mol. The van der Waals surface area contributed by atoms with Crippen LogP contribution >= 0.6 is 0 Å². The molecule has 6 nitrogen and oxygen atoms in total. The van der Waals surface area contributed by atoms with Crippen LogP contribution in [0.2, 0.25) is 0 Å². The van der Waals surface area contributed by atoms with E-state index in [1.54, 1.807) is 30.9 Å². The zero-order valence-electron chi connectivity index (χ0n) is 10.1. The summed E-state index contributed by atoms with van der Waals surface area (Å²) in [6.07, 6.45) is 0. The molecule has 2 rings (SSSR count). The summed E-state index contributed by atoms with van der Waals surface area (Å²) < 4.78 is 0. The standard InChI is InChI=1S/C12H12N4O2/c1-7-3-9(5-13)4-10(14-7)16-6-11(17)15-12(18)8(16)2/h3-4,8H,6H2,1-2H3,(H,15,17,18). The Kier molecular flexibility index (Phi) is 2.98. The molecule has 1 aromatic rings. The largest absolute Gasteiger partial charge is 0.335 e. The number of pyridine rings is 1. The highest BCUT2D eigenvalue weighted by atomic mass is 16.2. The lowest BCUT2D eigenvalue weighted by atomic mass is 10.1. The fourth-order valence-electron chi connectivity index (χ4n) is 1.86. The molecule has 0 bridgehead atoms. The van der Waals surface area contributed by atoms with E-state index in [2.05, 4.69) is 10.3 Å². The van der Waals surface area contributed by atoms with Gasteiger partial charge in [-0.1, -0.05) is 0 Å². The Bertz CT molecular complexity index is 562. The molecular formula is C12H12N4O2. The SMILES string of the molecule is Cc1cc(C#N)cc(N2CC(=O)NC(=O)C2C)n1. The highest BCUT2D eigenvalue weighted by molar-refractivity contribution is 6.04. The Morgan fingerprint density at radius 2 is 2.22 bits per heavy atom. The number of rotatable bonds is 1. The van der Waals surface area contributed by atoms with Crippen LogP contribution in [-0.2, 0) is 9.59 Å². The lowest BCUT2D eigenvalue weighted by molar-refractivity contribution is -0.132. The number of nitriles is 1. The van der Waals surface area contributed by atoms with Crippen molar-refractivity contribution < 1.29 is 9.59 Å².